The third-order valence-electron chi connectivity index (χ3n) is 8.38. The van der Waals surface area contributed by atoms with E-state index in [2.05, 4.69) is 6.92 Å². The summed E-state index contributed by atoms with van der Waals surface area (Å²) in [6.45, 7) is 6.27. The number of hydrogen-bond acceptors (Lipinski definition) is 5. The van der Waals surface area contributed by atoms with Gasteiger partial charge in [0.05, 0.1) is 21.8 Å². The number of thioether (sulfide) groups is 1. The number of unbranched alkanes of at least 4 members (excludes halogenated alkanes) is 1. The molecule has 2 atom stereocenters. The molecule has 0 aliphatic carbocycles. The molecule has 5 rings (SSSR count). The van der Waals surface area contributed by atoms with Crippen molar-refractivity contribution in [2.75, 3.05) is 26.2 Å². The Labute approximate surface area is 249 Å². The van der Waals surface area contributed by atoms with Crippen LogP contribution in [0, 0.1) is 12.3 Å². The summed E-state index contributed by atoms with van der Waals surface area (Å²) in [5.74, 6) is 0.0340. The van der Waals surface area contributed by atoms with Crippen molar-refractivity contribution in [1.82, 2.24) is 19.4 Å². The Hall–Kier alpha value is -3.04. The van der Waals surface area contributed by atoms with Crippen molar-refractivity contribution in [3.05, 3.63) is 63.4 Å². The molecule has 41 heavy (non-hydrogen) atoms. The lowest BCUT2D eigenvalue weighted by Crippen LogP contribution is -2.55. The predicted octanol–water partition coefficient (Wildman–Crippen LogP) is 6.38. The summed E-state index contributed by atoms with van der Waals surface area (Å²) in [5, 5.41) is 10.7. The number of aromatic nitrogens is 2. The van der Waals surface area contributed by atoms with E-state index in [-0.39, 0.29) is 16.9 Å². The molecule has 8 nitrogen and oxygen atoms in total. The maximum Gasteiger partial charge on any atom is 0.407 e. The molecule has 2 aliphatic heterocycles. The number of carbonyl (C=O) groups excluding carboxylic acids is 1. The van der Waals surface area contributed by atoms with E-state index in [1.807, 2.05) is 30.0 Å². The van der Waals surface area contributed by atoms with E-state index in [0.717, 1.165) is 44.1 Å². The Balaban J connectivity index is 1.51. The Bertz CT molecular complexity index is 1510. The van der Waals surface area contributed by atoms with Gasteiger partial charge in [-0.25, -0.2) is 9.78 Å². The molecule has 3 aromatic rings. The van der Waals surface area contributed by atoms with Crippen molar-refractivity contribution in [3.63, 3.8) is 0 Å². The molecule has 1 N–H and O–H groups in total. The van der Waals surface area contributed by atoms with Gasteiger partial charge >= 0.3 is 6.09 Å². The number of halogens is 1. The van der Waals surface area contributed by atoms with Gasteiger partial charge in [0.15, 0.2) is 5.16 Å². The van der Waals surface area contributed by atoms with Crippen molar-refractivity contribution < 1.29 is 14.7 Å². The van der Waals surface area contributed by atoms with Crippen molar-refractivity contribution in [1.29, 1.82) is 0 Å². The Morgan fingerprint density at radius 1 is 1.10 bits per heavy atom. The van der Waals surface area contributed by atoms with Gasteiger partial charge in [0.2, 0.25) is 5.91 Å². The molecule has 10 heteroatoms. The van der Waals surface area contributed by atoms with Crippen LogP contribution in [0.5, 0.6) is 0 Å². The summed E-state index contributed by atoms with van der Waals surface area (Å²) in [7, 11) is 0. The van der Waals surface area contributed by atoms with Crippen LogP contribution in [0.25, 0.3) is 16.6 Å². The molecular formula is C31H37ClN4O4S. The highest BCUT2D eigenvalue weighted by atomic mass is 35.5. The fraction of sp³-hybridized carbons (Fsp3) is 0.484. The summed E-state index contributed by atoms with van der Waals surface area (Å²) < 4.78 is 1.58. The minimum absolute atomic E-state index is 0.0340. The van der Waals surface area contributed by atoms with Crippen LogP contribution in [0.2, 0.25) is 5.02 Å². The van der Waals surface area contributed by atoms with Gasteiger partial charge in [-0.1, -0.05) is 61.3 Å². The Morgan fingerprint density at radius 3 is 2.51 bits per heavy atom. The highest BCUT2D eigenvalue weighted by Gasteiger charge is 2.42. The van der Waals surface area contributed by atoms with E-state index in [4.69, 9.17) is 16.6 Å². The second-order valence-electron chi connectivity index (χ2n) is 11.4. The van der Waals surface area contributed by atoms with Gasteiger partial charge in [-0.3, -0.25) is 14.2 Å². The van der Waals surface area contributed by atoms with Crippen LogP contribution in [0.3, 0.4) is 0 Å². The lowest BCUT2D eigenvalue weighted by Gasteiger charge is -2.48. The number of amides is 2. The fourth-order valence-electron chi connectivity index (χ4n) is 6.31. The smallest absolute Gasteiger partial charge is 0.407 e. The molecular weight excluding hydrogens is 560 g/mol. The van der Waals surface area contributed by atoms with Crippen LogP contribution in [0.1, 0.15) is 57.4 Å². The summed E-state index contributed by atoms with van der Waals surface area (Å²) in [5.41, 5.74) is 1.74. The van der Waals surface area contributed by atoms with E-state index in [9.17, 15) is 19.5 Å². The number of likely N-dealkylation sites (tertiary alicyclic amines) is 2. The quantitative estimate of drug-likeness (QED) is 0.251. The molecule has 2 aliphatic rings. The van der Waals surface area contributed by atoms with Gasteiger partial charge in [0.25, 0.3) is 5.56 Å². The average molecular weight is 597 g/mol. The van der Waals surface area contributed by atoms with Crippen LogP contribution in [0.15, 0.2) is 52.4 Å². The fourth-order valence-corrected chi connectivity index (χ4v) is 7.72. The zero-order valence-corrected chi connectivity index (χ0v) is 25.2. The molecule has 1 spiro atoms. The number of carboxylic acid groups (broad SMARTS) is 1. The third kappa shape index (κ3) is 6.26. The van der Waals surface area contributed by atoms with E-state index in [0.29, 0.717) is 59.4 Å². The number of nitrogens with zero attached hydrogens (tertiary/aromatic N) is 4. The number of hydrogen-bond donors (Lipinski definition) is 1. The first-order chi connectivity index (χ1) is 19.7. The zero-order valence-electron chi connectivity index (χ0n) is 23.6. The van der Waals surface area contributed by atoms with Gasteiger partial charge in [-0.05, 0) is 68.9 Å². The molecule has 0 bridgehead atoms. The normalized spacial score (nSPS) is 20.0. The molecule has 2 aromatic carbocycles. The molecule has 0 radical (unpaired) electrons. The maximum atomic E-state index is 14.2. The summed E-state index contributed by atoms with van der Waals surface area (Å²) >= 11 is 7.68. The molecule has 2 unspecified atom stereocenters. The van der Waals surface area contributed by atoms with Crippen molar-refractivity contribution in [2.24, 2.45) is 5.41 Å². The minimum Gasteiger partial charge on any atom is -0.465 e. The highest BCUT2D eigenvalue weighted by Crippen LogP contribution is 2.40. The number of benzene rings is 2. The van der Waals surface area contributed by atoms with E-state index >= 15 is 0 Å². The summed E-state index contributed by atoms with van der Waals surface area (Å²) in [6.07, 6.45) is 5.08. The lowest BCUT2D eigenvalue weighted by molar-refractivity contribution is -0.135. The molecule has 0 saturated carbocycles. The van der Waals surface area contributed by atoms with Crippen molar-refractivity contribution in [3.8, 4) is 5.69 Å². The number of carbonyl (C=O) groups is 2. The van der Waals surface area contributed by atoms with Gasteiger partial charge in [-0.2, -0.15) is 0 Å². The summed E-state index contributed by atoms with van der Waals surface area (Å²) in [4.78, 5) is 48.2. The standard InChI is InChI=1S/C31H37ClN4O4S/c1-3-4-13-25(28(38)34-16-7-14-31(19-34)15-8-17-35(20-31)30(39)40)41-29-33-26-21(2)9-5-12-24(26)27(37)36(29)23-11-6-10-22(32)18-23/h5-6,9-12,18,25H,3-4,7-8,13-17,19-20H2,1-2H3,(H,39,40). The van der Waals surface area contributed by atoms with E-state index in [1.165, 1.54) is 16.7 Å². The van der Waals surface area contributed by atoms with Gasteiger partial charge in [0, 0.05) is 36.6 Å². The first kappa shape index (κ1) is 29.5. The predicted molar refractivity (Wildman–Crippen MR) is 163 cm³/mol. The highest BCUT2D eigenvalue weighted by molar-refractivity contribution is 8.00. The Morgan fingerprint density at radius 2 is 1.80 bits per heavy atom. The number of piperidine rings is 2. The van der Waals surface area contributed by atoms with Crippen LogP contribution >= 0.6 is 23.4 Å². The second-order valence-corrected chi connectivity index (χ2v) is 13.0. The minimum atomic E-state index is -0.888. The molecule has 2 fully saturated rings. The first-order valence-corrected chi connectivity index (χ1v) is 15.7. The van der Waals surface area contributed by atoms with Crippen molar-refractivity contribution in [2.45, 2.75) is 69.2 Å². The second kappa shape index (κ2) is 12.4. The van der Waals surface area contributed by atoms with Crippen LogP contribution in [-0.4, -0.2) is 67.9 Å². The van der Waals surface area contributed by atoms with Gasteiger partial charge in [-0.15, -0.1) is 0 Å². The monoisotopic (exact) mass is 596 g/mol. The van der Waals surface area contributed by atoms with Crippen LogP contribution in [0.4, 0.5) is 4.79 Å². The van der Waals surface area contributed by atoms with E-state index < -0.39 is 11.3 Å². The summed E-state index contributed by atoms with van der Waals surface area (Å²) in [6, 6.07) is 12.7. The molecule has 2 saturated heterocycles. The maximum absolute atomic E-state index is 14.2. The van der Waals surface area contributed by atoms with Gasteiger partial charge < -0.3 is 14.9 Å². The number of fused-ring (bicyclic) bond motifs is 1. The zero-order chi connectivity index (χ0) is 29.1. The van der Waals surface area contributed by atoms with Crippen LogP contribution in [-0.2, 0) is 4.79 Å². The largest absolute Gasteiger partial charge is 0.465 e. The lowest BCUT2D eigenvalue weighted by atomic mass is 9.73. The number of para-hydroxylation sites is 1. The van der Waals surface area contributed by atoms with Crippen LogP contribution < -0.4 is 5.56 Å². The molecule has 218 valence electrons. The third-order valence-corrected chi connectivity index (χ3v) is 9.83. The number of rotatable bonds is 7. The first-order valence-electron chi connectivity index (χ1n) is 14.4. The van der Waals surface area contributed by atoms with Crippen molar-refractivity contribution >= 4 is 46.3 Å². The molecule has 3 heterocycles. The van der Waals surface area contributed by atoms with Gasteiger partial charge in [0.1, 0.15) is 0 Å². The topological polar surface area (TPSA) is 95.7 Å². The number of aryl methyl sites for hydroxylation is 1. The molecule has 2 amide bonds. The average Bonchev–Trinajstić information content (AvgIpc) is 2.95. The van der Waals surface area contributed by atoms with E-state index in [1.54, 1.807) is 28.8 Å². The SMILES string of the molecule is CCCCC(Sc1nc2c(C)cccc2c(=O)n1-c1cccc(Cl)c1)C(=O)N1CCCC2(CCCN(C(=O)O)C2)C1. The molecule has 1 aromatic heterocycles. The Kier molecular flexibility index (Phi) is 8.94.